The monoisotopic (exact) mass is 240 g/mol. The zero-order valence-corrected chi connectivity index (χ0v) is 9.44. The second kappa shape index (κ2) is 6.33. The van der Waals surface area contributed by atoms with E-state index in [4.69, 9.17) is 16.9 Å². The van der Waals surface area contributed by atoms with Crippen LogP contribution in [0.5, 0.6) is 0 Å². The highest BCUT2D eigenvalue weighted by molar-refractivity contribution is 7.99. The van der Waals surface area contributed by atoms with E-state index < -0.39 is 0 Å². The van der Waals surface area contributed by atoms with Gasteiger partial charge in [-0.05, 0) is 24.3 Å². The molecule has 1 aromatic carbocycles. The fourth-order valence-electron chi connectivity index (χ4n) is 0.917. The molecule has 78 valence electrons. The SMILES string of the molecule is N#CNC(=O)CCSc1ccc(Cl)cc1. The standard InChI is InChI=1S/C10H9ClN2OS/c11-8-1-3-9(4-2-8)15-6-5-10(14)13-7-12/h1-4H,5-6H2,(H,13,14). The van der Waals surface area contributed by atoms with E-state index in [1.54, 1.807) is 30.1 Å². The van der Waals surface area contributed by atoms with Crippen molar-refractivity contribution in [2.45, 2.75) is 11.3 Å². The van der Waals surface area contributed by atoms with Crippen LogP contribution in [0.2, 0.25) is 5.02 Å². The molecule has 3 nitrogen and oxygen atoms in total. The van der Waals surface area contributed by atoms with Crippen LogP contribution in [-0.4, -0.2) is 11.7 Å². The van der Waals surface area contributed by atoms with Gasteiger partial charge in [0.15, 0.2) is 6.19 Å². The fraction of sp³-hybridized carbons (Fsp3) is 0.200. The number of thioether (sulfide) groups is 1. The van der Waals surface area contributed by atoms with Gasteiger partial charge in [0.05, 0.1) is 0 Å². The Bertz CT molecular complexity index is 372. The molecular weight excluding hydrogens is 232 g/mol. The maximum Gasteiger partial charge on any atom is 0.233 e. The Morgan fingerprint density at radius 3 is 2.73 bits per heavy atom. The van der Waals surface area contributed by atoms with Crippen LogP contribution < -0.4 is 5.32 Å². The maximum atomic E-state index is 10.9. The lowest BCUT2D eigenvalue weighted by Gasteiger charge is -2.00. The van der Waals surface area contributed by atoms with Gasteiger partial charge in [0.25, 0.3) is 0 Å². The van der Waals surface area contributed by atoms with Crippen molar-refractivity contribution in [3.8, 4) is 6.19 Å². The normalized spacial score (nSPS) is 9.33. The first-order chi connectivity index (χ1) is 7.22. The summed E-state index contributed by atoms with van der Waals surface area (Å²) in [6, 6.07) is 7.41. The minimum atomic E-state index is -0.251. The highest BCUT2D eigenvalue weighted by atomic mass is 35.5. The molecule has 0 aliphatic heterocycles. The minimum absolute atomic E-state index is 0.251. The molecule has 0 heterocycles. The molecule has 1 amide bonds. The van der Waals surface area contributed by atoms with E-state index in [1.165, 1.54) is 0 Å². The van der Waals surface area contributed by atoms with E-state index >= 15 is 0 Å². The molecule has 0 saturated carbocycles. The lowest BCUT2D eigenvalue weighted by Crippen LogP contribution is -2.17. The van der Waals surface area contributed by atoms with Gasteiger partial charge in [0.1, 0.15) is 0 Å². The number of halogens is 1. The summed E-state index contributed by atoms with van der Waals surface area (Å²) in [7, 11) is 0. The number of rotatable bonds is 4. The zero-order valence-electron chi connectivity index (χ0n) is 7.87. The molecule has 1 N–H and O–H groups in total. The average molecular weight is 241 g/mol. The Morgan fingerprint density at radius 1 is 1.47 bits per heavy atom. The molecular formula is C10H9ClN2OS. The van der Waals surface area contributed by atoms with Crippen LogP contribution in [-0.2, 0) is 4.79 Å². The van der Waals surface area contributed by atoms with E-state index in [9.17, 15) is 4.79 Å². The predicted octanol–water partition coefficient (Wildman–Crippen LogP) is 2.42. The topological polar surface area (TPSA) is 52.9 Å². The molecule has 1 aromatic rings. The van der Waals surface area contributed by atoms with Crippen molar-refractivity contribution >= 4 is 29.3 Å². The van der Waals surface area contributed by atoms with Crippen molar-refractivity contribution < 1.29 is 4.79 Å². The number of nitrogens with zero attached hydrogens (tertiary/aromatic N) is 1. The van der Waals surface area contributed by atoms with Crippen molar-refractivity contribution in [3.63, 3.8) is 0 Å². The highest BCUT2D eigenvalue weighted by Crippen LogP contribution is 2.20. The van der Waals surface area contributed by atoms with Crippen molar-refractivity contribution in [1.82, 2.24) is 5.32 Å². The molecule has 0 unspecified atom stereocenters. The lowest BCUT2D eigenvalue weighted by molar-refractivity contribution is -0.119. The average Bonchev–Trinajstić information content (AvgIpc) is 2.21. The maximum absolute atomic E-state index is 10.9. The number of carbonyl (C=O) groups excluding carboxylic acids is 1. The van der Waals surface area contributed by atoms with Gasteiger partial charge in [-0.2, -0.15) is 5.26 Å². The second-order valence-electron chi connectivity index (χ2n) is 2.71. The molecule has 0 atom stereocenters. The Kier molecular flexibility index (Phi) is 5.02. The summed E-state index contributed by atoms with van der Waals surface area (Å²) >= 11 is 7.28. The summed E-state index contributed by atoms with van der Waals surface area (Å²) in [5, 5.41) is 10.9. The number of nitrogens with one attached hydrogen (secondary N) is 1. The van der Waals surface area contributed by atoms with Gasteiger partial charge in [-0.25, -0.2) is 0 Å². The molecule has 15 heavy (non-hydrogen) atoms. The Balaban J connectivity index is 2.29. The summed E-state index contributed by atoms with van der Waals surface area (Å²) in [6.07, 6.45) is 1.93. The van der Waals surface area contributed by atoms with E-state index in [0.717, 1.165) is 4.90 Å². The highest BCUT2D eigenvalue weighted by Gasteiger charge is 2.00. The number of nitriles is 1. The number of hydrogen-bond donors (Lipinski definition) is 1. The van der Waals surface area contributed by atoms with Crippen LogP contribution in [0.4, 0.5) is 0 Å². The number of carbonyl (C=O) groups is 1. The van der Waals surface area contributed by atoms with Gasteiger partial charge in [-0.3, -0.25) is 10.1 Å². The summed E-state index contributed by atoms with van der Waals surface area (Å²) in [4.78, 5) is 12.0. The first kappa shape index (κ1) is 11.9. The van der Waals surface area contributed by atoms with Crippen molar-refractivity contribution in [1.29, 1.82) is 5.26 Å². The zero-order chi connectivity index (χ0) is 11.1. The van der Waals surface area contributed by atoms with Gasteiger partial charge in [0.2, 0.25) is 5.91 Å². The van der Waals surface area contributed by atoms with Crippen molar-refractivity contribution in [2.24, 2.45) is 0 Å². The molecule has 0 fully saturated rings. The summed E-state index contributed by atoms with van der Waals surface area (Å²) in [5.74, 6) is 0.397. The largest absolute Gasteiger partial charge is 0.274 e. The quantitative estimate of drug-likeness (QED) is 0.500. The third kappa shape index (κ3) is 4.73. The summed E-state index contributed by atoms with van der Waals surface area (Å²) < 4.78 is 0. The Labute approximate surface area is 97.4 Å². The Morgan fingerprint density at radius 2 is 2.13 bits per heavy atom. The first-order valence-electron chi connectivity index (χ1n) is 4.28. The van der Waals surface area contributed by atoms with E-state index in [-0.39, 0.29) is 5.91 Å². The molecule has 0 spiro atoms. The molecule has 0 bridgehead atoms. The van der Waals surface area contributed by atoms with Crippen LogP contribution in [0.3, 0.4) is 0 Å². The van der Waals surface area contributed by atoms with Gasteiger partial charge < -0.3 is 0 Å². The van der Waals surface area contributed by atoms with Gasteiger partial charge in [0, 0.05) is 22.1 Å². The number of hydrogen-bond acceptors (Lipinski definition) is 3. The lowest BCUT2D eigenvalue weighted by atomic mass is 10.4. The molecule has 0 aliphatic carbocycles. The van der Waals surface area contributed by atoms with Gasteiger partial charge in [-0.15, -0.1) is 11.8 Å². The third-order valence-corrected chi connectivity index (χ3v) is 2.87. The predicted molar refractivity (Wildman–Crippen MR) is 60.5 cm³/mol. The van der Waals surface area contributed by atoms with E-state index in [0.29, 0.717) is 17.2 Å². The van der Waals surface area contributed by atoms with Crippen LogP contribution >= 0.6 is 23.4 Å². The van der Waals surface area contributed by atoms with Crippen LogP contribution in [0.25, 0.3) is 0 Å². The Hall–Kier alpha value is -1.18. The van der Waals surface area contributed by atoms with E-state index in [2.05, 4.69) is 5.32 Å². The third-order valence-electron chi connectivity index (χ3n) is 1.61. The number of amides is 1. The summed E-state index contributed by atoms with van der Waals surface area (Å²) in [6.45, 7) is 0. The number of benzene rings is 1. The summed E-state index contributed by atoms with van der Waals surface area (Å²) in [5.41, 5.74) is 0. The molecule has 0 aromatic heterocycles. The molecule has 0 saturated heterocycles. The van der Waals surface area contributed by atoms with E-state index in [1.807, 2.05) is 12.1 Å². The minimum Gasteiger partial charge on any atom is -0.274 e. The van der Waals surface area contributed by atoms with Crippen molar-refractivity contribution in [3.05, 3.63) is 29.3 Å². The van der Waals surface area contributed by atoms with Crippen LogP contribution in [0.1, 0.15) is 6.42 Å². The molecule has 0 radical (unpaired) electrons. The molecule has 1 rings (SSSR count). The smallest absolute Gasteiger partial charge is 0.233 e. The second-order valence-corrected chi connectivity index (χ2v) is 4.32. The van der Waals surface area contributed by atoms with Crippen LogP contribution in [0.15, 0.2) is 29.2 Å². The van der Waals surface area contributed by atoms with Crippen LogP contribution in [0, 0.1) is 11.5 Å². The fourth-order valence-corrected chi connectivity index (χ4v) is 1.89. The van der Waals surface area contributed by atoms with Crippen molar-refractivity contribution in [2.75, 3.05) is 5.75 Å². The van der Waals surface area contributed by atoms with Gasteiger partial charge >= 0.3 is 0 Å². The first-order valence-corrected chi connectivity index (χ1v) is 5.65. The molecule has 0 aliphatic rings. The van der Waals surface area contributed by atoms with Gasteiger partial charge in [-0.1, -0.05) is 11.6 Å². The molecule has 5 heteroatoms.